The van der Waals surface area contributed by atoms with Gasteiger partial charge in [0.1, 0.15) is 11.3 Å². The molecular weight excluding hydrogens is 311 g/mol. The van der Waals surface area contributed by atoms with Crippen LogP contribution in [-0.2, 0) is 12.1 Å². The van der Waals surface area contributed by atoms with E-state index in [-0.39, 0.29) is 17.6 Å². The molecule has 0 aliphatic carbocycles. The highest BCUT2D eigenvalue weighted by atomic mass is 19.1. The Morgan fingerprint density at radius 1 is 1.42 bits per heavy atom. The Balaban J connectivity index is 1.73. The van der Waals surface area contributed by atoms with Gasteiger partial charge < -0.3 is 9.84 Å². The van der Waals surface area contributed by atoms with E-state index in [4.69, 9.17) is 4.74 Å². The van der Waals surface area contributed by atoms with Crippen molar-refractivity contribution in [3.8, 4) is 5.75 Å². The molecule has 1 N–H and O–H groups in total. The van der Waals surface area contributed by atoms with Gasteiger partial charge in [-0.25, -0.2) is 9.07 Å². The van der Waals surface area contributed by atoms with Crippen LogP contribution in [0.25, 0.3) is 0 Å². The molecule has 1 fully saturated rings. The van der Waals surface area contributed by atoms with Crippen molar-refractivity contribution >= 4 is 0 Å². The van der Waals surface area contributed by atoms with Gasteiger partial charge in [0.2, 0.25) is 0 Å². The van der Waals surface area contributed by atoms with E-state index in [1.807, 2.05) is 18.7 Å². The van der Waals surface area contributed by atoms with E-state index in [1.54, 1.807) is 29.1 Å². The van der Waals surface area contributed by atoms with E-state index in [9.17, 15) is 9.50 Å². The van der Waals surface area contributed by atoms with Gasteiger partial charge in [0, 0.05) is 31.2 Å². The number of aliphatic hydroxyl groups is 1. The summed E-state index contributed by atoms with van der Waals surface area (Å²) in [6.45, 7) is 5.51. The molecule has 0 bridgehead atoms. The molecule has 1 aromatic heterocycles. The van der Waals surface area contributed by atoms with Crippen LogP contribution in [0.1, 0.15) is 37.6 Å². The number of rotatable bonds is 5. The van der Waals surface area contributed by atoms with Crippen molar-refractivity contribution in [2.75, 3.05) is 20.2 Å². The molecule has 2 heterocycles. The summed E-state index contributed by atoms with van der Waals surface area (Å²) in [4.78, 5) is 2.02. The van der Waals surface area contributed by atoms with Crippen LogP contribution in [0.15, 0.2) is 24.4 Å². The average Bonchev–Trinajstić information content (AvgIpc) is 3.18. The fourth-order valence-electron chi connectivity index (χ4n) is 3.03. The zero-order chi connectivity index (χ0) is 17.3. The van der Waals surface area contributed by atoms with Gasteiger partial charge in [0.15, 0.2) is 11.6 Å². The molecule has 1 aliphatic rings. The average molecular weight is 334 g/mol. The lowest BCUT2D eigenvalue weighted by Crippen LogP contribution is -2.31. The Hall–Kier alpha value is -1.99. The van der Waals surface area contributed by atoms with Crippen LogP contribution in [0, 0.1) is 5.82 Å². The van der Waals surface area contributed by atoms with Crippen molar-refractivity contribution in [3.05, 3.63) is 41.5 Å². The minimum absolute atomic E-state index is 0.193. The second-order valence-electron chi connectivity index (χ2n) is 6.60. The molecule has 3 rings (SSSR count). The molecule has 24 heavy (non-hydrogen) atoms. The summed E-state index contributed by atoms with van der Waals surface area (Å²) >= 11 is 0. The third-order valence-corrected chi connectivity index (χ3v) is 4.50. The number of β-amino-alcohol motifs (C(OH)–C–C–N with tert-alkyl or cyclic N) is 1. The Morgan fingerprint density at radius 2 is 2.21 bits per heavy atom. The molecule has 130 valence electrons. The van der Waals surface area contributed by atoms with Crippen LogP contribution in [0.4, 0.5) is 4.39 Å². The SMILES string of the molecule is COc1cccc(CN2CC[C@](O)(c3cn(C(C)C)nn3)C2)c1F. The molecule has 0 radical (unpaired) electrons. The maximum Gasteiger partial charge on any atom is 0.169 e. The topological polar surface area (TPSA) is 63.4 Å². The summed E-state index contributed by atoms with van der Waals surface area (Å²) < 4.78 is 21.0. The van der Waals surface area contributed by atoms with E-state index >= 15 is 0 Å². The van der Waals surface area contributed by atoms with Gasteiger partial charge in [0.25, 0.3) is 0 Å². The molecule has 1 aliphatic heterocycles. The van der Waals surface area contributed by atoms with Crippen molar-refractivity contribution in [1.29, 1.82) is 0 Å². The van der Waals surface area contributed by atoms with Gasteiger partial charge in [-0.2, -0.15) is 0 Å². The summed E-state index contributed by atoms with van der Waals surface area (Å²) in [5.41, 5.74) is 0.0944. The van der Waals surface area contributed by atoms with Crippen LogP contribution < -0.4 is 4.74 Å². The summed E-state index contributed by atoms with van der Waals surface area (Å²) in [5, 5.41) is 19.1. The summed E-state index contributed by atoms with van der Waals surface area (Å²) in [5.74, 6) is -0.108. The highest BCUT2D eigenvalue weighted by Crippen LogP contribution is 2.32. The van der Waals surface area contributed by atoms with Gasteiger partial charge >= 0.3 is 0 Å². The summed E-state index contributed by atoms with van der Waals surface area (Å²) in [6.07, 6.45) is 2.34. The zero-order valence-corrected chi connectivity index (χ0v) is 14.2. The molecule has 7 heteroatoms. The Morgan fingerprint density at radius 3 is 2.88 bits per heavy atom. The van der Waals surface area contributed by atoms with Crippen molar-refractivity contribution < 1.29 is 14.2 Å². The van der Waals surface area contributed by atoms with Crippen LogP contribution in [0.2, 0.25) is 0 Å². The highest BCUT2D eigenvalue weighted by Gasteiger charge is 2.40. The minimum Gasteiger partial charge on any atom is -0.494 e. The minimum atomic E-state index is -1.04. The maximum atomic E-state index is 14.3. The second-order valence-corrected chi connectivity index (χ2v) is 6.60. The monoisotopic (exact) mass is 334 g/mol. The lowest BCUT2D eigenvalue weighted by atomic mass is 10.00. The van der Waals surface area contributed by atoms with Crippen molar-refractivity contribution in [3.63, 3.8) is 0 Å². The van der Waals surface area contributed by atoms with E-state index in [1.165, 1.54) is 7.11 Å². The number of ether oxygens (including phenoxy) is 1. The van der Waals surface area contributed by atoms with Crippen LogP contribution in [0.3, 0.4) is 0 Å². The fourth-order valence-corrected chi connectivity index (χ4v) is 3.03. The van der Waals surface area contributed by atoms with Crippen LogP contribution in [0.5, 0.6) is 5.75 Å². The molecular formula is C17H23FN4O2. The predicted molar refractivity (Wildman–Crippen MR) is 87.1 cm³/mol. The molecule has 2 aromatic rings. The first-order valence-electron chi connectivity index (χ1n) is 8.11. The number of hydrogen-bond acceptors (Lipinski definition) is 5. The first-order chi connectivity index (χ1) is 11.4. The highest BCUT2D eigenvalue weighted by molar-refractivity contribution is 5.31. The van der Waals surface area contributed by atoms with Gasteiger partial charge in [-0.15, -0.1) is 5.10 Å². The predicted octanol–water partition coefficient (Wildman–Crippen LogP) is 2.10. The van der Waals surface area contributed by atoms with Gasteiger partial charge in [0.05, 0.1) is 13.3 Å². The van der Waals surface area contributed by atoms with Crippen LogP contribution in [-0.4, -0.2) is 45.2 Å². The van der Waals surface area contributed by atoms with Crippen molar-refractivity contribution in [2.45, 2.75) is 38.5 Å². The van der Waals surface area contributed by atoms with E-state index in [0.29, 0.717) is 37.3 Å². The van der Waals surface area contributed by atoms with Gasteiger partial charge in [-0.1, -0.05) is 17.3 Å². The Labute approximate surface area is 140 Å². The smallest absolute Gasteiger partial charge is 0.169 e. The fraction of sp³-hybridized carbons (Fsp3) is 0.529. The third-order valence-electron chi connectivity index (χ3n) is 4.50. The van der Waals surface area contributed by atoms with Gasteiger partial charge in [-0.05, 0) is 26.3 Å². The first-order valence-corrected chi connectivity index (χ1v) is 8.11. The molecule has 0 amide bonds. The number of nitrogens with zero attached hydrogens (tertiary/aromatic N) is 4. The number of likely N-dealkylation sites (tertiary alicyclic amines) is 1. The number of halogens is 1. The van der Waals surface area contributed by atoms with Gasteiger partial charge in [-0.3, -0.25) is 4.90 Å². The number of aromatic nitrogens is 3. The summed E-state index contributed by atoms with van der Waals surface area (Å²) in [7, 11) is 1.45. The Kier molecular flexibility index (Phi) is 4.56. The molecule has 0 unspecified atom stereocenters. The first kappa shape index (κ1) is 16.9. The van der Waals surface area contributed by atoms with E-state index in [2.05, 4.69) is 10.3 Å². The molecule has 0 saturated carbocycles. The lowest BCUT2D eigenvalue weighted by molar-refractivity contribution is 0.0407. The maximum absolute atomic E-state index is 14.3. The number of hydrogen-bond donors (Lipinski definition) is 1. The molecule has 1 atom stereocenters. The van der Waals surface area contributed by atoms with Crippen molar-refractivity contribution in [1.82, 2.24) is 19.9 Å². The second kappa shape index (κ2) is 6.49. The van der Waals surface area contributed by atoms with E-state index in [0.717, 1.165) is 0 Å². The standard InChI is InChI=1S/C17H23FN4O2/c1-12(2)22-10-15(19-20-22)17(23)7-8-21(11-17)9-13-5-4-6-14(24-3)16(13)18/h4-6,10,12,23H,7-9,11H2,1-3H3/t17-/m1/s1. The molecule has 6 nitrogen and oxygen atoms in total. The molecule has 0 spiro atoms. The van der Waals surface area contributed by atoms with Crippen molar-refractivity contribution in [2.24, 2.45) is 0 Å². The summed E-state index contributed by atoms with van der Waals surface area (Å²) in [6, 6.07) is 5.31. The lowest BCUT2D eigenvalue weighted by Gasteiger charge is -2.21. The normalized spacial score (nSPS) is 21.6. The zero-order valence-electron chi connectivity index (χ0n) is 14.2. The Bertz CT molecular complexity index is 718. The molecule has 1 aromatic carbocycles. The van der Waals surface area contributed by atoms with Crippen LogP contribution >= 0.6 is 0 Å². The number of methoxy groups -OCH3 is 1. The quantitative estimate of drug-likeness (QED) is 0.907. The largest absolute Gasteiger partial charge is 0.494 e. The third kappa shape index (κ3) is 3.14. The molecule has 1 saturated heterocycles. The van der Waals surface area contributed by atoms with E-state index < -0.39 is 5.60 Å². The number of benzene rings is 1.